The fraction of sp³-hybridized carbons (Fsp3) is 0.692. The molecular weight excluding hydrogens is 234 g/mol. The Hall–Kier alpha value is -0.830. The van der Waals surface area contributed by atoms with E-state index >= 15 is 0 Å². The SMILES string of the molecule is Cc1cc(N(C)CCC(C)Cl)nc(C(C)C)n1. The first kappa shape index (κ1) is 14.2. The van der Waals surface area contributed by atoms with Crippen molar-refractivity contribution in [3.63, 3.8) is 0 Å². The number of nitrogens with zero attached hydrogens (tertiary/aromatic N) is 3. The molecule has 0 spiro atoms. The molecule has 0 fully saturated rings. The molecule has 96 valence electrons. The lowest BCUT2D eigenvalue weighted by atomic mass is 10.2. The van der Waals surface area contributed by atoms with Crippen LogP contribution in [-0.4, -0.2) is 28.9 Å². The molecule has 1 heterocycles. The number of aryl methyl sites for hydroxylation is 1. The first-order valence-electron chi connectivity index (χ1n) is 6.11. The summed E-state index contributed by atoms with van der Waals surface area (Å²) in [7, 11) is 2.05. The molecule has 0 N–H and O–H groups in total. The lowest BCUT2D eigenvalue weighted by Gasteiger charge is -2.20. The highest BCUT2D eigenvalue weighted by atomic mass is 35.5. The fourth-order valence-electron chi connectivity index (χ4n) is 1.51. The first-order valence-corrected chi connectivity index (χ1v) is 6.54. The van der Waals surface area contributed by atoms with E-state index in [1.54, 1.807) is 0 Å². The maximum atomic E-state index is 5.96. The molecule has 0 saturated carbocycles. The van der Waals surface area contributed by atoms with Crippen molar-refractivity contribution in [1.29, 1.82) is 0 Å². The maximum Gasteiger partial charge on any atom is 0.133 e. The largest absolute Gasteiger partial charge is 0.360 e. The highest BCUT2D eigenvalue weighted by molar-refractivity contribution is 6.20. The molecule has 0 aliphatic rings. The van der Waals surface area contributed by atoms with Gasteiger partial charge in [0.15, 0.2) is 0 Å². The van der Waals surface area contributed by atoms with Crippen LogP contribution in [0.15, 0.2) is 6.07 Å². The Morgan fingerprint density at radius 2 is 1.94 bits per heavy atom. The smallest absolute Gasteiger partial charge is 0.133 e. The minimum atomic E-state index is 0.199. The summed E-state index contributed by atoms with van der Waals surface area (Å²) in [5.41, 5.74) is 1.02. The molecule has 1 atom stereocenters. The van der Waals surface area contributed by atoms with Gasteiger partial charge in [0.25, 0.3) is 0 Å². The quantitative estimate of drug-likeness (QED) is 0.756. The van der Waals surface area contributed by atoms with E-state index in [1.807, 2.05) is 27.0 Å². The average Bonchev–Trinajstić information content (AvgIpc) is 2.24. The molecule has 3 nitrogen and oxygen atoms in total. The van der Waals surface area contributed by atoms with Gasteiger partial charge in [0.1, 0.15) is 11.6 Å². The van der Waals surface area contributed by atoms with Crippen molar-refractivity contribution in [3.05, 3.63) is 17.6 Å². The number of hydrogen-bond donors (Lipinski definition) is 0. The zero-order valence-electron chi connectivity index (χ0n) is 11.4. The minimum absolute atomic E-state index is 0.199. The summed E-state index contributed by atoms with van der Waals surface area (Å²) in [5.74, 6) is 2.25. The number of anilines is 1. The highest BCUT2D eigenvalue weighted by Crippen LogP contribution is 2.16. The molecule has 0 aromatic carbocycles. The van der Waals surface area contributed by atoms with Gasteiger partial charge in [-0.2, -0.15) is 0 Å². The number of halogens is 1. The summed E-state index contributed by atoms with van der Waals surface area (Å²) in [6.07, 6.45) is 0.956. The topological polar surface area (TPSA) is 29.0 Å². The van der Waals surface area contributed by atoms with Gasteiger partial charge in [-0.3, -0.25) is 0 Å². The van der Waals surface area contributed by atoms with E-state index in [0.717, 1.165) is 30.3 Å². The Morgan fingerprint density at radius 3 is 2.47 bits per heavy atom. The van der Waals surface area contributed by atoms with Gasteiger partial charge in [0.2, 0.25) is 0 Å². The Morgan fingerprint density at radius 1 is 1.29 bits per heavy atom. The molecule has 1 aromatic heterocycles. The molecule has 0 amide bonds. The van der Waals surface area contributed by atoms with Gasteiger partial charge >= 0.3 is 0 Å². The third-order valence-corrected chi connectivity index (χ3v) is 2.85. The van der Waals surface area contributed by atoms with Crippen molar-refractivity contribution < 1.29 is 0 Å². The van der Waals surface area contributed by atoms with Crippen molar-refractivity contribution in [2.45, 2.75) is 45.4 Å². The fourth-order valence-corrected chi connectivity index (χ4v) is 1.61. The average molecular weight is 256 g/mol. The molecular formula is C13H22ClN3. The Balaban J connectivity index is 2.82. The van der Waals surface area contributed by atoms with Crippen LogP contribution in [0.5, 0.6) is 0 Å². The molecule has 0 radical (unpaired) electrons. The second-order valence-corrected chi connectivity index (χ2v) is 5.62. The lowest BCUT2D eigenvalue weighted by Crippen LogP contribution is -2.22. The van der Waals surface area contributed by atoms with Gasteiger partial charge in [0.05, 0.1) is 0 Å². The van der Waals surface area contributed by atoms with Crippen molar-refractivity contribution in [1.82, 2.24) is 9.97 Å². The second-order valence-electron chi connectivity index (χ2n) is 4.87. The van der Waals surface area contributed by atoms with Crippen molar-refractivity contribution in [3.8, 4) is 0 Å². The Kier molecular flexibility index (Phi) is 5.19. The van der Waals surface area contributed by atoms with Gasteiger partial charge in [0, 0.05) is 36.6 Å². The van der Waals surface area contributed by atoms with Gasteiger partial charge in [-0.05, 0) is 20.3 Å². The third kappa shape index (κ3) is 4.50. The van der Waals surface area contributed by atoms with E-state index in [2.05, 4.69) is 28.7 Å². The Bertz CT molecular complexity index is 364. The molecule has 4 heteroatoms. The molecule has 0 saturated heterocycles. The predicted octanol–water partition coefficient (Wildman–Crippen LogP) is 3.36. The van der Waals surface area contributed by atoms with Crippen LogP contribution >= 0.6 is 11.6 Å². The molecule has 0 aliphatic carbocycles. The van der Waals surface area contributed by atoms with E-state index in [0.29, 0.717) is 5.92 Å². The van der Waals surface area contributed by atoms with E-state index < -0.39 is 0 Å². The normalized spacial score (nSPS) is 12.9. The van der Waals surface area contributed by atoms with Crippen LogP contribution in [0.25, 0.3) is 0 Å². The third-order valence-electron chi connectivity index (χ3n) is 2.63. The van der Waals surface area contributed by atoms with Crippen LogP contribution in [0, 0.1) is 6.92 Å². The van der Waals surface area contributed by atoms with Crippen LogP contribution in [0.1, 0.15) is 44.6 Å². The van der Waals surface area contributed by atoms with Crippen molar-refractivity contribution >= 4 is 17.4 Å². The zero-order valence-corrected chi connectivity index (χ0v) is 12.1. The minimum Gasteiger partial charge on any atom is -0.360 e. The van der Waals surface area contributed by atoms with Gasteiger partial charge in [-0.25, -0.2) is 9.97 Å². The van der Waals surface area contributed by atoms with Crippen LogP contribution < -0.4 is 4.90 Å². The lowest BCUT2D eigenvalue weighted by molar-refractivity contribution is 0.734. The van der Waals surface area contributed by atoms with E-state index in [9.17, 15) is 0 Å². The molecule has 17 heavy (non-hydrogen) atoms. The van der Waals surface area contributed by atoms with Crippen LogP contribution in [0.3, 0.4) is 0 Å². The number of rotatable bonds is 5. The summed E-state index contributed by atoms with van der Waals surface area (Å²) < 4.78 is 0. The van der Waals surface area contributed by atoms with Gasteiger partial charge in [-0.15, -0.1) is 11.6 Å². The molecule has 1 unspecified atom stereocenters. The summed E-state index contributed by atoms with van der Waals surface area (Å²) >= 11 is 5.96. The number of hydrogen-bond acceptors (Lipinski definition) is 3. The standard InChI is InChI=1S/C13H22ClN3/c1-9(2)13-15-11(4)8-12(16-13)17(5)7-6-10(3)14/h8-10H,6-7H2,1-5H3. The molecule has 0 aliphatic heterocycles. The number of aromatic nitrogens is 2. The molecule has 0 bridgehead atoms. The van der Waals surface area contributed by atoms with Crippen molar-refractivity contribution in [2.75, 3.05) is 18.5 Å². The zero-order chi connectivity index (χ0) is 13.0. The summed E-state index contributed by atoms with van der Waals surface area (Å²) in [6, 6.07) is 2.02. The van der Waals surface area contributed by atoms with Crippen molar-refractivity contribution in [2.24, 2.45) is 0 Å². The molecule has 1 aromatic rings. The Labute approximate surface area is 109 Å². The first-order chi connectivity index (χ1) is 7.90. The summed E-state index contributed by atoms with van der Waals surface area (Å²) in [5, 5.41) is 0.199. The summed E-state index contributed by atoms with van der Waals surface area (Å²) in [4.78, 5) is 11.2. The van der Waals surface area contributed by atoms with Crippen LogP contribution in [-0.2, 0) is 0 Å². The number of alkyl halides is 1. The van der Waals surface area contributed by atoms with Crippen LogP contribution in [0.2, 0.25) is 0 Å². The monoisotopic (exact) mass is 255 g/mol. The highest BCUT2D eigenvalue weighted by Gasteiger charge is 2.09. The maximum absolute atomic E-state index is 5.96. The van der Waals surface area contributed by atoms with Gasteiger partial charge in [-0.1, -0.05) is 13.8 Å². The van der Waals surface area contributed by atoms with E-state index in [1.165, 1.54) is 0 Å². The van der Waals surface area contributed by atoms with E-state index in [4.69, 9.17) is 11.6 Å². The van der Waals surface area contributed by atoms with Gasteiger partial charge < -0.3 is 4.90 Å². The van der Waals surface area contributed by atoms with Crippen LogP contribution in [0.4, 0.5) is 5.82 Å². The predicted molar refractivity (Wildman–Crippen MR) is 74.1 cm³/mol. The van der Waals surface area contributed by atoms with E-state index in [-0.39, 0.29) is 5.38 Å². The molecule has 1 rings (SSSR count). The second kappa shape index (κ2) is 6.20. The summed E-state index contributed by atoms with van der Waals surface area (Å²) in [6.45, 7) is 9.16.